The summed E-state index contributed by atoms with van der Waals surface area (Å²) >= 11 is 0. The van der Waals surface area contributed by atoms with Crippen LogP contribution in [0.25, 0.3) is 0 Å². The molecule has 4 heterocycles. The summed E-state index contributed by atoms with van der Waals surface area (Å²) in [5.74, 6) is 1.16. The fourth-order valence-corrected chi connectivity index (χ4v) is 3.30. The van der Waals surface area contributed by atoms with Crippen LogP contribution in [0.5, 0.6) is 0 Å². The standard InChI is InChI=1S/C17H19N5O3/c23-22(24)16-5-4-13(25-16)11-21-8-6-14-12(10-21)9-19-17(20-14)15-3-1-2-7-18-15/h4-5,9H,1-3,6-8,10-11H2. The van der Waals surface area contributed by atoms with E-state index in [1.54, 1.807) is 6.07 Å². The molecule has 0 amide bonds. The van der Waals surface area contributed by atoms with Crippen molar-refractivity contribution in [3.63, 3.8) is 0 Å². The van der Waals surface area contributed by atoms with Crippen LogP contribution < -0.4 is 0 Å². The number of furan rings is 1. The van der Waals surface area contributed by atoms with Crippen molar-refractivity contribution in [2.24, 2.45) is 4.99 Å². The third-order valence-corrected chi connectivity index (χ3v) is 4.60. The van der Waals surface area contributed by atoms with Gasteiger partial charge in [-0.2, -0.15) is 0 Å². The Morgan fingerprint density at radius 2 is 2.20 bits per heavy atom. The second-order valence-electron chi connectivity index (χ2n) is 6.41. The van der Waals surface area contributed by atoms with E-state index in [2.05, 4.69) is 14.9 Å². The zero-order valence-corrected chi connectivity index (χ0v) is 13.8. The Kier molecular flexibility index (Phi) is 4.27. The van der Waals surface area contributed by atoms with E-state index in [0.717, 1.165) is 68.1 Å². The van der Waals surface area contributed by atoms with Crippen LogP contribution in [0, 0.1) is 10.1 Å². The Morgan fingerprint density at radius 3 is 2.96 bits per heavy atom. The number of hydrogen-bond acceptors (Lipinski definition) is 7. The highest BCUT2D eigenvalue weighted by Gasteiger charge is 2.22. The normalized spacial score (nSPS) is 17.8. The largest absolute Gasteiger partial charge is 0.433 e. The summed E-state index contributed by atoms with van der Waals surface area (Å²) in [5, 5.41) is 10.7. The smallest absolute Gasteiger partial charge is 0.404 e. The maximum atomic E-state index is 10.7. The number of aliphatic imine (C=N–C) groups is 1. The van der Waals surface area contributed by atoms with Crippen molar-refractivity contribution in [1.82, 2.24) is 14.9 Å². The quantitative estimate of drug-likeness (QED) is 0.626. The van der Waals surface area contributed by atoms with Gasteiger partial charge in [-0.05, 0) is 25.3 Å². The van der Waals surface area contributed by atoms with Crippen molar-refractivity contribution in [3.8, 4) is 0 Å². The summed E-state index contributed by atoms with van der Waals surface area (Å²) in [6.45, 7) is 2.97. The fourth-order valence-electron chi connectivity index (χ4n) is 3.30. The van der Waals surface area contributed by atoms with Crippen molar-refractivity contribution in [2.45, 2.75) is 38.8 Å². The van der Waals surface area contributed by atoms with Crippen LogP contribution in [0.1, 0.15) is 42.1 Å². The first-order valence-electron chi connectivity index (χ1n) is 8.53. The number of aromatic nitrogens is 2. The zero-order valence-electron chi connectivity index (χ0n) is 13.8. The summed E-state index contributed by atoms with van der Waals surface area (Å²) in [5.41, 5.74) is 3.21. The Labute approximate surface area is 144 Å². The summed E-state index contributed by atoms with van der Waals surface area (Å²) in [6.07, 6.45) is 5.99. The van der Waals surface area contributed by atoms with Crippen LogP contribution >= 0.6 is 0 Å². The summed E-state index contributed by atoms with van der Waals surface area (Å²) in [7, 11) is 0. The van der Waals surface area contributed by atoms with Crippen LogP contribution in [0.4, 0.5) is 5.88 Å². The minimum Gasteiger partial charge on any atom is -0.404 e. The molecular weight excluding hydrogens is 322 g/mol. The lowest BCUT2D eigenvalue weighted by molar-refractivity contribution is -0.402. The van der Waals surface area contributed by atoms with Crippen LogP contribution in [0.2, 0.25) is 0 Å². The van der Waals surface area contributed by atoms with Gasteiger partial charge in [0.05, 0.1) is 24.0 Å². The molecule has 0 unspecified atom stereocenters. The van der Waals surface area contributed by atoms with E-state index in [4.69, 9.17) is 9.40 Å². The minimum atomic E-state index is -0.516. The molecule has 0 saturated heterocycles. The maximum Gasteiger partial charge on any atom is 0.433 e. The lowest BCUT2D eigenvalue weighted by Crippen LogP contribution is -2.31. The second-order valence-corrected chi connectivity index (χ2v) is 6.41. The molecular formula is C17H19N5O3. The first-order valence-corrected chi connectivity index (χ1v) is 8.53. The molecule has 0 fully saturated rings. The molecule has 2 aliphatic rings. The predicted octanol–water partition coefficient (Wildman–Crippen LogP) is 2.51. The van der Waals surface area contributed by atoms with E-state index < -0.39 is 4.92 Å². The lowest BCUT2D eigenvalue weighted by atomic mass is 10.1. The molecule has 0 atom stereocenters. The van der Waals surface area contributed by atoms with Gasteiger partial charge in [0.25, 0.3) is 0 Å². The van der Waals surface area contributed by atoms with Gasteiger partial charge in [-0.1, -0.05) is 0 Å². The highest BCUT2D eigenvalue weighted by Crippen LogP contribution is 2.22. The van der Waals surface area contributed by atoms with Crippen LogP contribution in [0.15, 0.2) is 27.7 Å². The number of rotatable bonds is 4. The third kappa shape index (κ3) is 3.43. The van der Waals surface area contributed by atoms with Crippen molar-refractivity contribution in [3.05, 3.63) is 51.3 Å². The molecule has 8 nitrogen and oxygen atoms in total. The molecule has 25 heavy (non-hydrogen) atoms. The first-order chi connectivity index (χ1) is 12.2. The van der Waals surface area contributed by atoms with Crippen molar-refractivity contribution >= 4 is 11.6 Å². The summed E-state index contributed by atoms with van der Waals surface area (Å²) in [4.78, 5) is 26.2. The van der Waals surface area contributed by atoms with Crippen molar-refractivity contribution in [1.29, 1.82) is 0 Å². The molecule has 0 bridgehead atoms. The molecule has 8 heteroatoms. The van der Waals surface area contributed by atoms with E-state index in [1.165, 1.54) is 6.07 Å². The minimum absolute atomic E-state index is 0.214. The van der Waals surface area contributed by atoms with Gasteiger partial charge in [0, 0.05) is 37.8 Å². The molecule has 0 N–H and O–H groups in total. The monoisotopic (exact) mass is 341 g/mol. The van der Waals surface area contributed by atoms with Gasteiger partial charge in [-0.3, -0.25) is 20.0 Å². The molecule has 0 aromatic carbocycles. The average molecular weight is 341 g/mol. The van der Waals surface area contributed by atoms with Gasteiger partial charge < -0.3 is 4.42 Å². The fraction of sp³-hybridized carbons (Fsp3) is 0.471. The number of nitro groups is 1. The topological polar surface area (TPSA) is 97.7 Å². The highest BCUT2D eigenvalue weighted by molar-refractivity contribution is 5.97. The molecule has 2 aromatic heterocycles. The van der Waals surface area contributed by atoms with Gasteiger partial charge in [0.15, 0.2) is 5.82 Å². The average Bonchev–Trinajstić information content (AvgIpc) is 3.11. The van der Waals surface area contributed by atoms with E-state index >= 15 is 0 Å². The molecule has 4 rings (SSSR count). The summed E-state index contributed by atoms with van der Waals surface area (Å²) in [6, 6.07) is 3.06. The molecule has 2 aromatic rings. The van der Waals surface area contributed by atoms with Gasteiger partial charge in [-0.25, -0.2) is 9.97 Å². The van der Waals surface area contributed by atoms with Gasteiger partial charge in [-0.15, -0.1) is 0 Å². The van der Waals surface area contributed by atoms with Crippen LogP contribution in [-0.4, -0.2) is 38.6 Å². The first kappa shape index (κ1) is 15.9. The predicted molar refractivity (Wildman–Crippen MR) is 90.5 cm³/mol. The Hall–Kier alpha value is -2.61. The Morgan fingerprint density at radius 1 is 1.28 bits per heavy atom. The molecule has 0 aliphatic carbocycles. The molecule has 0 spiro atoms. The van der Waals surface area contributed by atoms with Crippen molar-refractivity contribution < 1.29 is 9.34 Å². The number of fused-ring (bicyclic) bond motifs is 1. The Bertz CT molecular complexity index is 829. The molecule has 0 saturated carbocycles. The van der Waals surface area contributed by atoms with Crippen molar-refractivity contribution in [2.75, 3.05) is 13.1 Å². The molecule has 130 valence electrons. The van der Waals surface area contributed by atoms with Crippen LogP contribution in [0.3, 0.4) is 0 Å². The summed E-state index contributed by atoms with van der Waals surface area (Å²) < 4.78 is 5.25. The van der Waals surface area contributed by atoms with Gasteiger partial charge >= 0.3 is 5.88 Å². The van der Waals surface area contributed by atoms with Gasteiger partial charge in [0.1, 0.15) is 10.7 Å². The van der Waals surface area contributed by atoms with E-state index in [0.29, 0.717) is 12.3 Å². The van der Waals surface area contributed by atoms with E-state index in [-0.39, 0.29) is 5.88 Å². The van der Waals surface area contributed by atoms with Gasteiger partial charge in [0.2, 0.25) is 0 Å². The zero-order chi connectivity index (χ0) is 17.2. The second kappa shape index (κ2) is 6.72. The number of hydrogen-bond donors (Lipinski definition) is 0. The van der Waals surface area contributed by atoms with E-state index in [1.807, 2.05) is 6.20 Å². The lowest BCUT2D eigenvalue weighted by Gasteiger charge is -2.27. The SMILES string of the molecule is O=[N+]([O-])c1ccc(CN2CCc3nc(C4=NCCCC4)ncc3C2)o1. The molecule has 0 radical (unpaired) electrons. The highest BCUT2D eigenvalue weighted by atomic mass is 16.6. The maximum absolute atomic E-state index is 10.7. The van der Waals surface area contributed by atoms with E-state index in [9.17, 15) is 10.1 Å². The third-order valence-electron chi connectivity index (χ3n) is 4.60. The Balaban J connectivity index is 1.46. The molecule has 2 aliphatic heterocycles. The number of nitrogens with zero attached hydrogens (tertiary/aromatic N) is 5. The van der Waals surface area contributed by atoms with Crippen LogP contribution in [-0.2, 0) is 19.5 Å².